The number of amides is 1. The van der Waals surface area contributed by atoms with E-state index < -0.39 is 0 Å². The zero-order valence-corrected chi connectivity index (χ0v) is 12.0. The van der Waals surface area contributed by atoms with Gasteiger partial charge >= 0.3 is 0 Å². The number of aryl methyl sites for hydroxylation is 1. The van der Waals surface area contributed by atoms with Crippen LogP contribution in [0.4, 0.5) is 0 Å². The van der Waals surface area contributed by atoms with Gasteiger partial charge in [-0.05, 0) is 43.9 Å². The summed E-state index contributed by atoms with van der Waals surface area (Å²) in [5, 5.41) is 3.33. The molecule has 0 spiro atoms. The maximum atomic E-state index is 12.2. The van der Waals surface area contributed by atoms with Gasteiger partial charge in [0, 0.05) is 13.1 Å². The SMILES string of the molecule is CCCNC1CCN(CCc2ccccc2C)C1=O. The van der Waals surface area contributed by atoms with Crippen molar-refractivity contribution in [2.24, 2.45) is 0 Å². The molecule has 1 aromatic rings. The van der Waals surface area contributed by atoms with Gasteiger partial charge in [0.2, 0.25) is 5.91 Å². The first-order valence-electron chi connectivity index (χ1n) is 7.29. The largest absolute Gasteiger partial charge is 0.341 e. The molecule has 0 bridgehead atoms. The second-order valence-electron chi connectivity index (χ2n) is 5.30. The predicted octanol–water partition coefficient (Wildman–Crippen LogP) is 2.14. The molecule has 1 N–H and O–H groups in total. The van der Waals surface area contributed by atoms with Crippen molar-refractivity contribution in [1.82, 2.24) is 10.2 Å². The molecule has 1 heterocycles. The number of carbonyl (C=O) groups is 1. The Bertz CT molecular complexity index is 431. The van der Waals surface area contributed by atoms with E-state index in [-0.39, 0.29) is 11.9 Å². The highest BCUT2D eigenvalue weighted by atomic mass is 16.2. The number of likely N-dealkylation sites (tertiary alicyclic amines) is 1. The minimum atomic E-state index is 0.0526. The Morgan fingerprint density at radius 2 is 2.16 bits per heavy atom. The summed E-state index contributed by atoms with van der Waals surface area (Å²) in [5.41, 5.74) is 2.66. The Hall–Kier alpha value is -1.35. The van der Waals surface area contributed by atoms with E-state index in [9.17, 15) is 4.79 Å². The van der Waals surface area contributed by atoms with Gasteiger partial charge in [-0.25, -0.2) is 0 Å². The van der Waals surface area contributed by atoms with Crippen LogP contribution < -0.4 is 5.32 Å². The number of hydrogen-bond acceptors (Lipinski definition) is 2. The van der Waals surface area contributed by atoms with Crippen molar-refractivity contribution in [2.75, 3.05) is 19.6 Å². The average molecular weight is 260 g/mol. The van der Waals surface area contributed by atoms with Crippen LogP contribution in [0.1, 0.15) is 30.9 Å². The van der Waals surface area contributed by atoms with Crippen LogP contribution in [0.25, 0.3) is 0 Å². The molecule has 1 atom stereocenters. The molecule has 104 valence electrons. The number of hydrogen-bond donors (Lipinski definition) is 1. The van der Waals surface area contributed by atoms with Gasteiger partial charge in [0.05, 0.1) is 6.04 Å². The normalized spacial score (nSPS) is 19.2. The summed E-state index contributed by atoms with van der Waals surface area (Å²) in [6.07, 6.45) is 2.98. The molecule has 0 radical (unpaired) electrons. The highest BCUT2D eigenvalue weighted by Gasteiger charge is 2.30. The van der Waals surface area contributed by atoms with Crippen LogP contribution in [0.15, 0.2) is 24.3 Å². The van der Waals surface area contributed by atoms with Crippen LogP contribution >= 0.6 is 0 Å². The third-order valence-corrected chi connectivity index (χ3v) is 3.85. The summed E-state index contributed by atoms with van der Waals surface area (Å²) in [5.74, 6) is 0.280. The van der Waals surface area contributed by atoms with Gasteiger partial charge < -0.3 is 10.2 Å². The van der Waals surface area contributed by atoms with Crippen molar-refractivity contribution in [3.05, 3.63) is 35.4 Å². The lowest BCUT2D eigenvalue weighted by molar-refractivity contribution is -0.129. The molecule has 1 aliphatic heterocycles. The minimum absolute atomic E-state index is 0.0526. The Morgan fingerprint density at radius 1 is 1.37 bits per heavy atom. The van der Waals surface area contributed by atoms with E-state index in [1.54, 1.807) is 0 Å². The fraction of sp³-hybridized carbons (Fsp3) is 0.562. The summed E-state index contributed by atoms with van der Waals surface area (Å²) in [4.78, 5) is 14.2. The van der Waals surface area contributed by atoms with Crippen LogP contribution in [0.3, 0.4) is 0 Å². The van der Waals surface area contributed by atoms with Crippen molar-refractivity contribution in [3.63, 3.8) is 0 Å². The molecular weight excluding hydrogens is 236 g/mol. The van der Waals surface area contributed by atoms with E-state index in [0.29, 0.717) is 0 Å². The molecule has 1 amide bonds. The van der Waals surface area contributed by atoms with Gasteiger partial charge in [-0.3, -0.25) is 4.79 Å². The van der Waals surface area contributed by atoms with E-state index in [0.717, 1.165) is 38.9 Å². The Kier molecular flexibility index (Phi) is 4.97. The molecule has 0 aromatic heterocycles. The topological polar surface area (TPSA) is 32.3 Å². The monoisotopic (exact) mass is 260 g/mol. The summed E-state index contributed by atoms with van der Waals surface area (Å²) >= 11 is 0. The minimum Gasteiger partial charge on any atom is -0.341 e. The van der Waals surface area contributed by atoms with Gasteiger partial charge in [0.15, 0.2) is 0 Å². The molecule has 0 saturated carbocycles. The Morgan fingerprint density at radius 3 is 2.89 bits per heavy atom. The maximum absolute atomic E-state index is 12.2. The molecule has 0 aliphatic carbocycles. The van der Waals surface area contributed by atoms with Gasteiger partial charge in [0.1, 0.15) is 0 Å². The smallest absolute Gasteiger partial charge is 0.239 e. The second-order valence-corrected chi connectivity index (χ2v) is 5.30. The van der Waals surface area contributed by atoms with Gasteiger partial charge in [-0.1, -0.05) is 31.2 Å². The molecular formula is C16H24N2O. The first-order chi connectivity index (χ1) is 9.22. The molecule has 19 heavy (non-hydrogen) atoms. The highest BCUT2D eigenvalue weighted by molar-refractivity contribution is 5.83. The molecule has 2 rings (SSSR count). The van der Waals surface area contributed by atoms with Crippen LogP contribution in [0.2, 0.25) is 0 Å². The molecule has 1 unspecified atom stereocenters. The fourth-order valence-electron chi connectivity index (χ4n) is 2.61. The van der Waals surface area contributed by atoms with Crippen molar-refractivity contribution in [2.45, 2.75) is 39.2 Å². The summed E-state index contributed by atoms with van der Waals surface area (Å²) in [7, 11) is 0. The maximum Gasteiger partial charge on any atom is 0.239 e. The zero-order valence-electron chi connectivity index (χ0n) is 12.0. The summed E-state index contributed by atoms with van der Waals surface area (Å²) < 4.78 is 0. The lowest BCUT2D eigenvalue weighted by Gasteiger charge is -2.17. The predicted molar refractivity (Wildman–Crippen MR) is 78.2 cm³/mol. The molecule has 1 fully saturated rings. The standard InChI is InChI=1S/C16H24N2O/c1-3-10-17-15-9-12-18(16(15)19)11-8-14-7-5-4-6-13(14)2/h4-7,15,17H,3,8-12H2,1-2H3. The van der Waals surface area contributed by atoms with Crippen LogP contribution in [0.5, 0.6) is 0 Å². The Labute approximate surface area is 116 Å². The second kappa shape index (κ2) is 6.71. The van der Waals surface area contributed by atoms with Crippen LogP contribution in [0, 0.1) is 6.92 Å². The highest BCUT2D eigenvalue weighted by Crippen LogP contribution is 2.14. The van der Waals surface area contributed by atoms with E-state index in [1.165, 1.54) is 11.1 Å². The van der Waals surface area contributed by atoms with E-state index in [1.807, 2.05) is 4.90 Å². The first kappa shape index (κ1) is 14.1. The van der Waals surface area contributed by atoms with Crippen LogP contribution in [-0.2, 0) is 11.2 Å². The average Bonchev–Trinajstić information content (AvgIpc) is 2.76. The molecule has 3 nitrogen and oxygen atoms in total. The number of nitrogens with zero attached hydrogens (tertiary/aromatic N) is 1. The fourth-order valence-corrected chi connectivity index (χ4v) is 2.61. The van der Waals surface area contributed by atoms with Crippen molar-refractivity contribution >= 4 is 5.91 Å². The van der Waals surface area contributed by atoms with E-state index in [4.69, 9.17) is 0 Å². The number of nitrogens with one attached hydrogen (secondary N) is 1. The third kappa shape index (κ3) is 3.57. The van der Waals surface area contributed by atoms with E-state index in [2.05, 4.69) is 43.4 Å². The van der Waals surface area contributed by atoms with Gasteiger partial charge in [-0.15, -0.1) is 0 Å². The quantitative estimate of drug-likeness (QED) is 0.850. The third-order valence-electron chi connectivity index (χ3n) is 3.85. The lowest BCUT2D eigenvalue weighted by atomic mass is 10.1. The molecule has 1 aliphatic rings. The summed E-state index contributed by atoms with van der Waals surface area (Å²) in [6.45, 7) is 6.93. The Balaban J connectivity index is 1.84. The molecule has 1 aromatic carbocycles. The van der Waals surface area contributed by atoms with Crippen molar-refractivity contribution < 1.29 is 4.79 Å². The van der Waals surface area contributed by atoms with Crippen molar-refractivity contribution in [1.29, 1.82) is 0 Å². The zero-order chi connectivity index (χ0) is 13.7. The van der Waals surface area contributed by atoms with Gasteiger partial charge in [0.25, 0.3) is 0 Å². The summed E-state index contributed by atoms with van der Waals surface area (Å²) in [6, 6.07) is 8.47. The molecule has 1 saturated heterocycles. The first-order valence-corrected chi connectivity index (χ1v) is 7.29. The van der Waals surface area contributed by atoms with Gasteiger partial charge in [-0.2, -0.15) is 0 Å². The van der Waals surface area contributed by atoms with Crippen molar-refractivity contribution in [3.8, 4) is 0 Å². The van der Waals surface area contributed by atoms with Crippen LogP contribution in [-0.4, -0.2) is 36.5 Å². The van der Waals surface area contributed by atoms with E-state index >= 15 is 0 Å². The number of rotatable bonds is 6. The lowest BCUT2D eigenvalue weighted by Crippen LogP contribution is -2.39. The number of carbonyl (C=O) groups excluding carboxylic acids is 1. The number of benzene rings is 1. The molecule has 3 heteroatoms.